The number of nitrogens with zero attached hydrogens (tertiary/aromatic N) is 2. The molecule has 1 amide bonds. The summed E-state index contributed by atoms with van der Waals surface area (Å²) in [5.41, 5.74) is 1.27. The van der Waals surface area contributed by atoms with Gasteiger partial charge in [0.1, 0.15) is 18.0 Å². The van der Waals surface area contributed by atoms with E-state index in [2.05, 4.69) is 15.0 Å². The molecule has 0 aliphatic rings. The molecule has 0 saturated carbocycles. The number of esters is 1. The monoisotopic (exact) mass is 345 g/mol. The third-order valence-electron chi connectivity index (χ3n) is 3.36. The Balaban J connectivity index is 1.80. The summed E-state index contributed by atoms with van der Waals surface area (Å²) in [5, 5.41) is 2.46. The summed E-state index contributed by atoms with van der Waals surface area (Å²) in [5.74, 6) is -0.148. The zero-order valence-electron chi connectivity index (χ0n) is 13.1. The number of fused-ring (bicyclic) bond motifs is 1. The van der Waals surface area contributed by atoms with Gasteiger partial charge in [0.2, 0.25) is 0 Å². The summed E-state index contributed by atoms with van der Waals surface area (Å²) in [4.78, 5) is 29.0. The van der Waals surface area contributed by atoms with Crippen molar-refractivity contribution in [3.63, 3.8) is 0 Å². The van der Waals surface area contributed by atoms with Crippen LogP contribution in [0.3, 0.4) is 0 Å². The Labute approximate surface area is 141 Å². The van der Waals surface area contributed by atoms with E-state index in [4.69, 9.17) is 4.74 Å². The van der Waals surface area contributed by atoms with Crippen LogP contribution in [0.25, 0.3) is 15.4 Å². The van der Waals surface area contributed by atoms with Gasteiger partial charge in [0, 0.05) is 12.4 Å². The normalized spacial score (nSPS) is 10.6. The molecule has 8 heteroatoms. The van der Waals surface area contributed by atoms with Crippen molar-refractivity contribution in [1.29, 1.82) is 0 Å². The predicted molar refractivity (Wildman–Crippen MR) is 89.4 cm³/mol. The van der Waals surface area contributed by atoms with Crippen LogP contribution in [0.1, 0.15) is 10.5 Å². The van der Waals surface area contributed by atoms with Crippen molar-refractivity contribution in [2.45, 2.75) is 0 Å². The van der Waals surface area contributed by atoms with Crippen LogP contribution in [0.15, 0.2) is 36.7 Å². The summed E-state index contributed by atoms with van der Waals surface area (Å²) in [6.07, 6.45) is 3.53. The van der Waals surface area contributed by atoms with Crippen molar-refractivity contribution >= 4 is 28.2 Å². The fourth-order valence-electron chi connectivity index (χ4n) is 2.13. The van der Waals surface area contributed by atoms with Gasteiger partial charge in [-0.25, -0.2) is 4.98 Å². The van der Waals surface area contributed by atoms with Gasteiger partial charge in [-0.3, -0.25) is 14.0 Å². The van der Waals surface area contributed by atoms with E-state index in [1.165, 1.54) is 18.4 Å². The van der Waals surface area contributed by atoms with Crippen LogP contribution >= 0.6 is 11.3 Å². The second-order valence-corrected chi connectivity index (χ2v) is 5.91. The number of carbonyl (C=O) groups is 2. The van der Waals surface area contributed by atoms with Gasteiger partial charge in [0.15, 0.2) is 4.96 Å². The predicted octanol–water partition coefficient (Wildman–Crippen LogP) is 1.97. The molecular formula is C16H15N3O4S. The summed E-state index contributed by atoms with van der Waals surface area (Å²) in [6.45, 7) is -0.185. The van der Waals surface area contributed by atoms with E-state index in [-0.39, 0.29) is 12.2 Å². The minimum Gasteiger partial charge on any atom is -0.497 e. The summed E-state index contributed by atoms with van der Waals surface area (Å²) in [7, 11) is 2.89. The molecule has 0 fully saturated rings. The SMILES string of the molecule is COC(=O)CNC(=O)c1cn2cc(-c3cccc(OC)c3)sc2n1. The van der Waals surface area contributed by atoms with Gasteiger partial charge in [-0.2, -0.15) is 0 Å². The van der Waals surface area contributed by atoms with Crippen LogP contribution in [-0.2, 0) is 9.53 Å². The average Bonchev–Trinajstić information content (AvgIpc) is 3.18. The molecule has 0 aliphatic carbocycles. The molecule has 1 N–H and O–H groups in total. The maximum absolute atomic E-state index is 12.0. The molecule has 1 aromatic carbocycles. The fraction of sp³-hybridized carbons (Fsp3) is 0.188. The molecule has 0 bridgehead atoms. The summed E-state index contributed by atoms with van der Waals surface area (Å²) < 4.78 is 11.5. The number of amides is 1. The Morgan fingerprint density at radius 3 is 2.83 bits per heavy atom. The van der Waals surface area contributed by atoms with E-state index in [1.807, 2.05) is 30.5 Å². The van der Waals surface area contributed by atoms with E-state index >= 15 is 0 Å². The molecule has 7 nitrogen and oxygen atoms in total. The number of rotatable bonds is 5. The Bertz CT molecular complexity index is 868. The van der Waals surface area contributed by atoms with E-state index < -0.39 is 11.9 Å². The number of carbonyl (C=O) groups excluding carboxylic acids is 2. The zero-order valence-corrected chi connectivity index (χ0v) is 13.9. The molecule has 0 spiro atoms. The van der Waals surface area contributed by atoms with Crippen molar-refractivity contribution in [1.82, 2.24) is 14.7 Å². The Morgan fingerprint density at radius 1 is 1.29 bits per heavy atom. The van der Waals surface area contributed by atoms with E-state index in [0.717, 1.165) is 16.2 Å². The van der Waals surface area contributed by atoms with Crippen molar-refractivity contribution in [2.24, 2.45) is 0 Å². The standard InChI is InChI=1S/C16H15N3O4S/c1-22-11-5-3-4-10(6-11)13-9-19-8-12(18-16(19)24-13)15(21)17-7-14(20)23-2/h3-6,8-9H,7H2,1-2H3,(H,17,21). The van der Waals surface area contributed by atoms with Gasteiger partial charge >= 0.3 is 5.97 Å². The lowest BCUT2D eigenvalue weighted by atomic mass is 10.2. The summed E-state index contributed by atoms with van der Waals surface area (Å²) >= 11 is 1.46. The molecule has 0 saturated heterocycles. The van der Waals surface area contributed by atoms with Crippen molar-refractivity contribution in [3.05, 3.63) is 42.4 Å². The number of hydrogen-bond acceptors (Lipinski definition) is 6. The average molecular weight is 345 g/mol. The van der Waals surface area contributed by atoms with Gasteiger partial charge in [-0.15, -0.1) is 0 Å². The molecule has 3 rings (SSSR count). The van der Waals surface area contributed by atoms with Crippen LogP contribution < -0.4 is 10.1 Å². The van der Waals surface area contributed by atoms with Crippen LogP contribution in [0.5, 0.6) is 5.75 Å². The second-order valence-electron chi connectivity index (χ2n) is 4.90. The molecular weight excluding hydrogens is 330 g/mol. The first-order valence-electron chi connectivity index (χ1n) is 7.08. The molecule has 2 heterocycles. The maximum atomic E-state index is 12.0. The largest absolute Gasteiger partial charge is 0.497 e. The highest BCUT2D eigenvalue weighted by molar-refractivity contribution is 7.20. The minimum absolute atomic E-state index is 0.185. The number of nitrogens with one attached hydrogen (secondary N) is 1. The molecule has 0 aliphatic heterocycles. The minimum atomic E-state index is -0.510. The lowest BCUT2D eigenvalue weighted by Crippen LogP contribution is -2.30. The number of hydrogen-bond donors (Lipinski definition) is 1. The first-order chi connectivity index (χ1) is 11.6. The third kappa shape index (κ3) is 3.23. The third-order valence-corrected chi connectivity index (χ3v) is 4.41. The van der Waals surface area contributed by atoms with Gasteiger partial charge in [0.25, 0.3) is 5.91 Å². The molecule has 0 atom stereocenters. The molecule has 2 aromatic heterocycles. The first-order valence-corrected chi connectivity index (χ1v) is 7.90. The molecule has 124 valence electrons. The van der Waals surface area contributed by atoms with Crippen LogP contribution in [0.2, 0.25) is 0 Å². The first kappa shape index (κ1) is 16.0. The topological polar surface area (TPSA) is 81.9 Å². The van der Waals surface area contributed by atoms with Gasteiger partial charge in [0.05, 0.1) is 19.1 Å². The Morgan fingerprint density at radius 2 is 2.12 bits per heavy atom. The van der Waals surface area contributed by atoms with Crippen molar-refractivity contribution in [2.75, 3.05) is 20.8 Å². The number of benzene rings is 1. The van der Waals surface area contributed by atoms with Gasteiger partial charge in [-0.05, 0) is 17.7 Å². The number of imidazole rings is 1. The summed E-state index contributed by atoms with van der Waals surface area (Å²) in [6, 6.07) is 7.72. The van der Waals surface area contributed by atoms with Crippen LogP contribution in [0.4, 0.5) is 0 Å². The van der Waals surface area contributed by atoms with Crippen LogP contribution in [-0.4, -0.2) is 42.0 Å². The lowest BCUT2D eigenvalue weighted by Gasteiger charge is -2.01. The number of ether oxygens (including phenoxy) is 2. The Hall–Kier alpha value is -2.87. The molecule has 0 radical (unpaired) electrons. The molecule has 0 unspecified atom stereocenters. The lowest BCUT2D eigenvalue weighted by molar-refractivity contribution is -0.139. The van der Waals surface area contributed by atoms with Crippen molar-refractivity contribution in [3.8, 4) is 16.2 Å². The highest BCUT2D eigenvalue weighted by Crippen LogP contribution is 2.30. The van der Waals surface area contributed by atoms with E-state index in [0.29, 0.717) is 4.96 Å². The van der Waals surface area contributed by atoms with Crippen LogP contribution in [0, 0.1) is 0 Å². The Kier molecular flexibility index (Phi) is 4.48. The number of methoxy groups -OCH3 is 2. The smallest absolute Gasteiger partial charge is 0.325 e. The van der Waals surface area contributed by atoms with Gasteiger partial charge < -0.3 is 14.8 Å². The second kappa shape index (κ2) is 6.71. The highest BCUT2D eigenvalue weighted by Gasteiger charge is 2.14. The van der Waals surface area contributed by atoms with E-state index in [1.54, 1.807) is 17.7 Å². The highest BCUT2D eigenvalue weighted by atomic mass is 32.1. The quantitative estimate of drug-likeness (QED) is 0.715. The molecule has 3 aromatic rings. The van der Waals surface area contributed by atoms with Gasteiger partial charge in [-0.1, -0.05) is 23.5 Å². The zero-order chi connectivity index (χ0) is 17.1. The molecule has 24 heavy (non-hydrogen) atoms. The maximum Gasteiger partial charge on any atom is 0.325 e. The number of aromatic nitrogens is 2. The van der Waals surface area contributed by atoms with Crippen molar-refractivity contribution < 1.29 is 19.1 Å². The fourth-order valence-corrected chi connectivity index (χ4v) is 3.09. The number of thiazole rings is 1. The van der Waals surface area contributed by atoms with E-state index in [9.17, 15) is 9.59 Å².